The second-order valence-electron chi connectivity index (χ2n) is 4.74. The first-order valence-corrected chi connectivity index (χ1v) is 8.64. The van der Waals surface area contributed by atoms with E-state index in [1.807, 2.05) is 0 Å². The molecule has 0 aliphatic carbocycles. The monoisotopic (exact) mass is 330 g/mol. The highest BCUT2D eigenvalue weighted by Crippen LogP contribution is 2.11. The number of sulfone groups is 1. The zero-order valence-corrected chi connectivity index (χ0v) is 13.5. The van der Waals surface area contributed by atoms with Crippen LogP contribution >= 0.6 is 12.2 Å². The molecule has 1 amide bonds. The Hall–Kier alpha value is -1.67. The molecular weight excluding hydrogens is 312 g/mol. The van der Waals surface area contributed by atoms with E-state index in [-0.39, 0.29) is 23.3 Å². The Morgan fingerprint density at radius 3 is 2.43 bits per heavy atom. The molecule has 0 bridgehead atoms. The minimum atomic E-state index is -3.13. The number of benzene rings is 1. The van der Waals surface area contributed by atoms with Gasteiger partial charge in [-0.05, 0) is 31.2 Å². The van der Waals surface area contributed by atoms with Crippen LogP contribution in [-0.4, -0.2) is 44.0 Å². The number of hydrogen-bond donors (Lipinski definition) is 2. The van der Waals surface area contributed by atoms with Crippen LogP contribution in [0.15, 0.2) is 24.3 Å². The van der Waals surface area contributed by atoms with Crippen LogP contribution in [0.4, 0.5) is 0 Å². The smallest absolute Gasteiger partial charge is 0.258 e. The van der Waals surface area contributed by atoms with Gasteiger partial charge in [0, 0.05) is 17.9 Å². The van der Waals surface area contributed by atoms with Crippen LogP contribution < -0.4 is 15.8 Å². The van der Waals surface area contributed by atoms with E-state index >= 15 is 0 Å². The van der Waals surface area contributed by atoms with Crippen molar-refractivity contribution in [2.75, 3.05) is 18.6 Å². The number of ether oxygens (including phenoxy) is 1. The molecule has 0 spiro atoms. The lowest BCUT2D eigenvalue weighted by Gasteiger charge is -2.13. The Labute approximate surface area is 129 Å². The Morgan fingerprint density at radius 1 is 1.38 bits per heavy atom. The van der Waals surface area contributed by atoms with Crippen molar-refractivity contribution in [1.29, 1.82) is 0 Å². The Morgan fingerprint density at radius 2 is 1.95 bits per heavy atom. The number of carbonyl (C=O) groups excluding carboxylic acids is 1. The van der Waals surface area contributed by atoms with Gasteiger partial charge in [-0.2, -0.15) is 0 Å². The number of hydrogen-bond acceptors (Lipinski definition) is 5. The molecule has 1 aromatic rings. The van der Waals surface area contributed by atoms with E-state index in [0.717, 1.165) is 6.26 Å². The van der Waals surface area contributed by atoms with E-state index in [2.05, 4.69) is 5.32 Å². The molecule has 0 aromatic heterocycles. The summed E-state index contributed by atoms with van der Waals surface area (Å²) in [5, 5.41) is 2.55. The maximum Gasteiger partial charge on any atom is 0.258 e. The maximum atomic E-state index is 11.6. The zero-order valence-electron chi connectivity index (χ0n) is 11.8. The minimum absolute atomic E-state index is 0.110. The number of nitrogens with two attached hydrogens (primary N) is 1. The summed E-state index contributed by atoms with van der Waals surface area (Å²) in [7, 11) is -3.13. The molecule has 0 aliphatic rings. The van der Waals surface area contributed by atoms with Gasteiger partial charge in [-0.15, -0.1) is 0 Å². The molecule has 116 valence electrons. The lowest BCUT2D eigenvalue weighted by Crippen LogP contribution is -2.39. The Balaban J connectivity index is 2.44. The highest BCUT2D eigenvalue weighted by Gasteiger charge is 2.13. The van der Waals surface area contributed by atoms with Gasteiger partial charge in [0.05, 0.1) is 5.75 Å². The molecule has 0 radical (unpaired) electrons. The van der Waals surface area contributed by atoms with Gasteiger partial charge >= 0.3 is 0 Å². The van der Waals surface area contributed by atoms with E-state index in [1.165, 1.54) is 0 Å². The number of amides is 1. The Kier molecular flexibility index (Phi) is 6.10. The number of rotatable bonds is 7. The first-order chi connectivity index (χ1) is 9.67. The molecule has 0 fully saturated rings. The average molecular weight is 330 g/mol. The first kappa shape index (κ1) is 17.4. The van der Waals surface area contributed by atoms with Gasteiger partial charge in [-0.25, -0.2) is 8.42 Å². The van der Waals surface area contributed by atoms with Crippen LogP contribution in [0.25, 0.3) is 0 Å². The summed E-state index contributed by atoms with van der Waals surface area (Å²) < 4.78 is 27.5. The van der Waals surface area contributed by atoms with Crippen LogP contribution in [0, 0.1) is 0 Å². The van der Waals surface area contributed by atoms with Crippen LogP contribution in [0.1, 0.15) is 12.5 Å². The number of thiocarbonyl (C=S) groups is 1. The van der Waals surface area contributed by atoms with Crippen molar-refractivity contribution in [3.05, 3.63) is 29.8 Å². The third-order valence-corrected chi connectivity index (χ3v) is 3.81. The summed E-state index contributed by atoms with van der Waals surface area (Å²) in [5.41, 5.74) is 6.18. The predicted octanol–water partition coefficient (Wildman–Crippen LogP) is 0.249. The summed E-state index contributed by atoms with van der Waals surface area (Å²) in [4.78, 5) is 11.9. The first-order valence-electron chi connectivity index (χ1n) is 6.17. The van der Waals surface area contributed by atoms with Gasteiger partial charge in [0.15, 0.2) is 6.61 Å². The Bertz CT molecular complexity index is 612. The van der Waals surface area contributed by atoms with Gasteiger partial charge in [0.25, 0.3) is 5.91 Å². The summed E-state index contributed by atoms with van der Waals surface area (Å²) in [6, 6.07) is 6.24. The normalized spacial score (nSPS) is 12.5. The minimum Gasteiger partial charge on any atom is -0.484 e. The van der Waals surface area contributed by atoms with Crippen molar-refractivity contribution < 1.29 is 17.9 Å². The molecule has 0 aliphatic heterocycles. The number of carbonyl (C=O) groups is 1. The highest BCUT2D eigenvalue weighted by atomic mass is 32.2. The van der Waals surface area contributed by atoms with Crippen molar-refractivity contribution in [1.82, 2.24) is 5.32 Å². The van der Waals surface area contributed by atoms with Crippen LogP contribution in [0.5, 0.6) is 5.75 Å². The summed E-state index contributed by atoms with van der Waals surface area (Å²) >= 11 is 4.83. The fourth-order valence-corrected chi connectivity index (χ4v) is 2.80. The lowest BCUT2D eigenvalue weighted by atomic mass is 10.2. The maximum absolute atomic E-state index is 11.6. The van der Waals surface area contributed by atoms with Crippen LogP contribution in [-0.2, 0) is 14.6 Å². The van der Waals surface area contributed by atoms with Crippen LogP contribution in [0.2, 0.25) is 0 Å². The second kappa shape index (κ2) is 7.37. The zero-order chi connectivity index (χ0) is 16.0. The van der Waals surface area contributed by atoms with Gasteiger partial charge in [-0.1, -0.05) is 12.2 Å². The predicted molar refractivity (Wildman–Crippen MR) is 85.1 cm³/mol. The van der Waals surface area contributed by atoms with Crippen molar-refractivity contribution >= 4 is 33.0 Å². The third-order valence-electron chi connectivity index (χ3n) is 2.47. The molecular formula is C13H18N2O4S2. The largest absolute Gasteiger partial charge is 0.484 e. The summed E-state index contributed by atoms with van der Waals surface area (Å²) in [6.07, 6.45) is 1.12. The van der Waals surface area contributed by atoms with E-state index in [9.17, 15) is 13.2 Å². The van der Waals surface area contributed by atoms with E-state index < -0.39 is 15.9 Å². The molecule has 1 rings (SSSR count). The van der Waals surface area contributed by atoms with Crippen molar-refractivity contribution in [3.8, 4) is 5.75 Å². The fraction of sp³-hybridized carbons (Fsp3) is 0.385. The molecule has 1 unspecified atom stereocenters. The van der Waals surface area contributed by atoms with Crippen molar-refractivity contribution in [3.63, 3.8) is 0 Å². The van der Waals surface area contributed by atoms with E-state index in [1.54, 1.807) is 31.2 Å². The standard InChI is InChI=1S/C13H18N2O4S2/c1-9(8-21(2,17)18)15-12(16)7-19-11-5-3-10(4-6-11)13(14)20/h3-6,9H,7-8H2,1-2H3,(H2,14,20)(H,15,16). The molecule has 3 N–H and O–H groups in total. The van der Waals surface area contributed by atoms with Gasteiger partial charge in [-0.3, -0.25) is 4.79 Å². The molecule has 1 aromatic carbocycles. The van der Waals surface area contributed by atoms with Crippen LogP contribution in [0.3, 0.4) is 0 Å². The molecule has 6 nitrogen and oxygen atoms in total. The lowest BCUT2D eigenvalue weighted by molar-refractivity contribution is -0.123. The molecule has 0 heterocycles. The van der Waals surface area contributed by atoms with Gasteiger partial charge in [0.2, 0.25) is 0 Å². The average Bonchev–Trinajstić information content (AvgIpc) is 2.34. The molecule has 1 atom stereocenters. The van der Waals surface area contributed by atoms with E-state index in [4.69, 9.17) is 22.7 Å². The van der Waals surface area contributed by atoms with Gasteiger partial charge in [0.1, 0.15) is 20.6 Å². The quantitative estimate of drug-likeness (QED) is 0.695. The molecule has 0 saturated carbocycles. The SMILES string of the molecule is CC(CS(C)(=O)=O)NC(=O)COc1ccc(C(N)=S)cc1. The topological polar surface area (TPSA) is 98.5 Å². The summed E-state index contributed by atoms with van der Waals surface area (Å²) in [5.74, 6) is 0.00645. The van der Waals surface area contributed by atoms with Crippen molar-refractivity contribution in [2.45, 2.75) is 13.0 Å². The third kappa shape index (κ3) is 7.05. The summed E-state index contributed by atoms with van der Waals surface area (Å²) in [6.45, 7) is 1.43. The fourth-order valence-electron chi connectivity index (χ4n) is 1.68. The highest BCUT2D eigenvalue weighted by molar-refractivity contribution is 7.90. The van der Waals surface area contributed by atoms with Crippen molar-refractivity contribution in [2.24, 2.45) is 5.73 Å². The second-order valence-corrected chi connectivity index (χ2v) is 7.36. The van der Waals surface area contributed by atoms with E-state index in [0.29, 0.717) is 11.3 Å². The van der Waals surface area contributed by atoms with Gasteiger partial charge < -0.3 is 15.8 Å². The number of nitrogens with one attached hydrogen (secondary N) is 1. The molecule has 21 heavy (non-hydrogen) atoms. The molecule has 8 heteroatoms. The molecule has 0 saturated heterocycles.